The Labute approximate surface area is 130 Å². The van der Waals surface area contributed by atoms with Crippen molar-refractivity contribution in [3.8, 4) is 0 Å². The van der Waals surface area contributed by atoms with E-state index in [1.165, 1.54) is 4.88 Å². The lowest BCUT2D eigenvalue weighted by atomic mass is 10.2. The van der Waals surface area contributed by atoms with Crippen LogP contribution in [0.5, 0.6) is 0 Å². The highest BCUT2D eigenvalue weighted by Crippen LogP contribution is 2.11. The smallest absolute Gasteiger partial charge is 0.188 e. The molecule has 21 heavy (non-hydrogen) atoms. The molecule has 1 aliphatic heterocycles. The van der Waals surface area contributed by atoms with Crippen LogP contribution in [0.2, 0.25) is 0 Å². The number of nitrogens with two attached hydrogens (primary N) is 1. The third-order valence-electron chi connectivity index (χ3n) is 3.31. The Kier molecular flexibility index (Phi) is 7.56. The fraction of sp³-hybridized carbons (Fsp3) is 0.667. The molecule has 1 fully saturated rings. The molecule has 0 amide bonds. The molecule has 2 heterocycles. The highest BCUT2D eigenvalue weighted by atomic mass is 32.1. The molecular formula is C15H25N3O2S. The van der Waals surface area contributed by atoms with Crippen molar-refractivity contribution in [2.45, 2.75) is 31.8 Å². The quantitative estimate of drug-likeness (QED) is 0.414. The summed E-state index contributed by atoms with van der Waals surface area (Å²) in [5.74, 6) is 0.519. The van der Waals surface area contributed by atoms with Crippen molar-refractivity contribution in [2.24, 2.45) is 10.7 Å². The van der Waals surface area contributed by atoms with Crippen molar-refractivity contribution in [3.05, 3.63) is 22.4 Å². The van der Waals surface area contributed by atoms with Gasteiger partial charge in [-0.2, -0.15) is 0 Å². The predicted octanol–water partition coefficient (Wildman–Crippen LogP) is 1.78. The molecular weight excluding hydrogens is 286 g/mol. The van der Waals surface area contributed by atoms with E-state index in [-0.39, 0.29) is 0 Å². The lowest BCUT2D eigenvalue weighted by Gasteiger charge is -2.09. The summed E-state index contributed by atoms with van der Waals surface area (Å²) in [6.45, 7) is 3.82. The van der Waals surface area contributed by atoms with Crippen LogP contribution < -0.4 is 11.1 Å². The molecule has 1 saturated heterocycles. The maximum absolute atomic E-state index is 5.81. The number of rotatable bonds is 9. The second-order valence-electron chi connectivity index (χ2n) is 5.09. The Morgan fingerprint density at radius 1 is 1.57 bits per heavy atom. The molecule has 0 aliphatic carbocycles. The van der Waals surface area contributed by atoms with Crippen LogP contribution in [0.4, 0.5) is 0 Å². The second-order valence-corrected chi connectivity index (χ2v) is 6.12. The van der Waals surface area contributed by atoms with Crippen molar-refractivity contribution < 1.29 is 9.47 Å². The number of thiophene rings is 1. The van der Waals surface area contributed by atoms with Crippen LogP contribution in [-0.2, 0) is 15.9 Å². The lowest BCUT2D eigenvalue weighted by Crippen LogP contribution is -2.33. The summed E-state index contributed by atoms with van der Waals surface area (Å²) >= 11 is 1.76. The van der Waals surface area contributed by atoms with Gasteiger partial charge in [-0.05, 0) is 37.1 Å². The van der Waals surface area contributed by atoms with E-state index in [2.05, 4.69) is 27.8 Å². The fourth-order valence-corrected chi connectivity index (χ4v) is 2.89. The Morgan fingerprint density at radius 2 is 2.52 bits per heavy atom. The van der Waals surface area contributed by atoms with E-state index in [9.17, 15) is 0 Å². The molecule has 2 rings (SSSR count). The van der Waals surface area contributed by atoms with Crippen molar-refractivity contribution >= 4 is 17.3 Å². The van der Waals surface area contributed by atoms with Gasteiger partial charge in [-0.15, -0.1) is 11.3 Å². The van der Waals surface area contributed by atoms with Gasteiger partial charge in [0.05, 0.1) is 12.7 Å². The summed E-state index contributed by atoms with van der Waals surface area (Å²) in [6.07, 6.45) is 4.46. The van der Waals surface area contributed by atoms with E-state index < -0.39 is 0 Å². The van der Waals surface area contributed by atoms with Crippen LogP contribution in [0.15, 0.2) is 22.5 Å². The normalized spacial score (nSPS) is 19.0. The summed E-state index contributed by atoms with van der Waals surface area (Å²) in [4.78, 5) is 5.65. The van der Waals surface area contributed by atoms with Gasteiger partial charge in [0.2, 0.25) is 0 Å². The van der Waals surface area contributed by atoms with Gasteiger partial charge in [0.1, 0.15) is 0 Å². The van der Waals surface area contributed by atoms with Crippen molar-refractivity contribution in [2.75, 3.05) is 32.9 Å². The van der Waals surface area contributed by atoms with Crippen LogP contribution in [0.3, 0.4) is 0 Å². The minimum absolute atomic E-state index is 0.303. The van der Waals surface area contributed by atoms with Gasteiger partial charge in [-0.1, -0.05) is 6.07 Å². The van der Waals surface area contributed by atoms with Crippen molar-refractivity contribution in [3.63, 3.8) is 0 Å². The monoisotopic (exact) mass is 311 g/mol. The Balaban J connectivity index is 1.44. The van der Waals surface area contributed by atoms with E-state index in [4.69, 9.17) is 15.2 Å². The number of aliphatic imine (C=N–C) groups is 1. The molecule has 5 nitrogen and oxygen atoms in total. The van der Waals surface area contributed by atoms with E-state index in [1.807, 2.05) is 0 Å². The number of hydrogen-bond donors (Lipinski definition) is 2. The molecule has 0 saturated carbocycles. The zero-order valence-electron chi connectivity index (χ0n) is 12.4. The molecule has 6 heteroatoms. The Bertz CT molecular complexity index is 403. The first-order valence-corrected chi connectivity index (χ1v) is 8.48. The van der Waals surface area contributed by atoms with Gasteiger partial charge in [-0.25, -0.2) is 0 Å². The molecule has 3 N–H and O–H groups in total. The zero-order chi connectivity index (χ0) is 14.8. The first kappa shape index (κ1) is 16.3. The molecule has 0 radical (unpaired) electrons. The molecule has 1 aliphatic rings. The molecule has 0 aromatic carbocycles. The molecule has 0 spiro atoms. The van der Waals surface area contributed by atoms with Crippen molar-refractivity contribution in [1.82, 2.24) is 5.32 Å². The molecule has 1 aromatic rings. The molecule has 118 valence electrons. The van der Waals surface area contributed by atoms with Crippen LogP contribution in [-0.4, -0.2) is 45.0 Å². The average Bonchev–Trinajstić information content (AvgIpc) is 3.16. The third-order valence-corrected chi connectivity index (χ3v) is 4.25. The Hall–Kier alpha value is -1.11. The van der Waals surface area contributed by atoms with Gasteiger partial charge >= 0.3 is 0 Å². The van der Waals surface area contributed by atoms with Gasteiger partial charge in [0.25, 0.3) is 0 Å². The van der Waals surface area contributed by atoms with Gasteiger partial charge < -0.3 is 20.5 Å². The van der Waals surface area contributed by atoms with E-state index >= 15 is 0 Å². The maximum atomic E-state index is 5.81. The molecule has 1 atom stereocenters. The number of hydrogen-bond acceptors (Lipinski definition) is 4. The van der Waals surface area contributed by atoms with Gasteiger partial charge in [0, 0.05) is 31.2 Å². The average molecular weight is 311 g/mol. The standard InChI is InChI=1S/C15H25N3O2S/c16-15(18-8-6-14-5-2-11-21-14)17-7-3-9-19-12-13-4-1-10-20-13/h2,5,11,13H,1,3-4,6-10,12H2,(H3,16,17,18). The number of nitrogens with zero attached hydrogens (tertiary/aromatic N) is 1. The van der Waals surface area contributed by atoms with Crippen molar-refractivity contribution in [1.29, 1.82) is 0 Å². The van der Waals surface area contributed by atoms with Crippen LogP contribution in [0.1, 0.15) is 24.1 Å². The molecule has 1 aromatic heterocycles. The highest BCUT2D eigenvalue weighted by Gasteiger charge is 2.14. The van der Waals surface area contributed by atoms with Crippen LogP contribution in [0, 0.1) is 0 Å². The zero-order valence-corrected chi connectivity index (χ0v) is 13.2. The fourth-order valence-electron chi connectivity index (χ4n) is 2.18. The largest absolute Gasteiger partial charge is 0.379 e. The van der Waals surface area contributed by atoms with Gasteiger partial charge in [0.15, 0.2) is 5.96 Å². The second kappa shape index (κ2) is 9.76. The first-order chi connectivity index (χ1) is 10.3. The van der Waals surface area contributed by atoms with E-state index in [0.29, 0.717) is 31.8 Å². The predicted molar refractivity (Wildman–Crippen MR) is 86.9 cm³/mol. The first-order valence-electron chi connectivity index (χ1n) is 7.60. The topological polar surface area (TPSA) is 68.9 Å². The Morgan fingerprint density at radius 3 is 3.29 bits per heavy atom. The van der Waals surface area contributed by atoms with E-state index in [1.54, 1.807) is 11.3 Å². The third kappa shape index (κ3) is 6.93. The summed E-state index contributed by atoms with van der Waals surface area (Å²) in [7, 11) is 0. The summed E-state index contributed by atoms with van der Waals surface area (Å²) in [6, 6.07) is 4.19. The minimum Gasteiger partial charge on any atom is -0.379 e. The lowest BCUT2D eigenvalue weighted by molar-refractivity contribution is 0.0171. The molecule has 0 bridgehead atoms. The summed E-state index contributed by atoms with van der Waals surface area (Å²) in [5.41, 5.74) is 5.81. The van der Waals surface area contributed by atoms with Crippen LogP contribution >= 0.6 is 11.3 Å². The van der Waals surface area contributed by atoms with E-state index in [0.717, 1.165) is 38.8 Å². The number of guanidine groups is 1. The number of nitrogens with one attached hydrogen (secondary N) is 1. The number of ether oxygens (including phenoxy) is 2. The maximum Gasteiger partial charge on any atom is 0.188 e. The summed E-state index contributed by atoms with van der Waals surface area (Å²) < 4.78 is 11.1. The molecule has 1 unspecified atom stereocenters. The minimum atomic E-state index is 0.303. The highest BCUT2D eigenvalue weighted by molar-refractivity contribution is 7.09. The van der Waals surface area contributed by atoms with Crippen LogP contribution in [0.25, 0.3) is 0 Å². The summed E-state index contributed by atoms with van der Waals surface area (Å²) in [5, 5.41) is 5.22. The van der Waals surface area contributed by atoms with Gasteiger partial charge in [-0.3, -0.25) is 4.99 Å². The SMILES string of the molecule is NC(=NCCCOCC1CCCO1)NCCc1cccs1.